The van der Waals surface area contributed by atoms with Crippen LogP contribution in [0.5, 0.6) is 0 Å². The number of aromatic nitrogens is 7. The maximum atomic E-state index is 4.56. The lowest BCUT2D eigenvalue weighted by Gasteiger charge is -2.22. The summed E-state index contributed by atoms with van der Waals surface area (Å²) in [5.74, 6) is 0.994. The van der Waals surface area contributed by atoms with Crippen LogP contribution in [0.4, 0.5) is 0 Å². The van der Waals surface area contributed by atoms with E-state index in [0.29, 0.717) is 0 Å². The SMILES string of the molecule is C.Cc1nc(C)n2ccnc2c1C(C)(C)C.Cc1ncn2cnnc2c1C(C)(C)C. The highest BCUT2D eigenvalue weighted by atomic mass is 15.2. The average molecular weight is 410 g/mol. The van der Waals surface area contributed by atoms with E-state index in [4.69, 9.17) is 0 Å². The standard InChI is InChI=1S/C12H17N3.C10H14N4.CH4/c1-8-10(12(3,4)5)11-13-6-7-15(11)9(2)14-8;1-7-8(10(2,3)4)9-13-12-6-14(9)5-11-7;/h6-7H,1-5H3;5-6H,1-4H3;1H4. The van der Waals surface area contributed by atoms with Crippen LogP contribution in [0.2, 0.25) is 0 Å². The second-order valence-electron chi connectivity index (χ2n) is 9.51. The van der Waals surface area contributed by atoms with Gasteiger partial charge in [-0.1, -0.05) is 49.0 Å². The van der Waals surface area contributed by atoms with Crippen molar-refractivity contribution >= 4 is 11.3 Å². The van der Waals surface area contributed by atoms with E-state index in [1.165, 1.54) is 5.56 Å². The number of hydrogen-bond donors (Lipinski definition) is 0. The topological polar surface area (TPSA) is 73.3 Å². The van der Waals surface area contributed by atoms with Crippen molar-refractivity contribution in [3.8, 4) is 0 Å². The molecular formula is C23H35N7. The highest BCUT2D eigenvalue weighted by Gasteiger charge is 2.23. The Balaban J connectivity index is 0.000000207. The summed E-state index contributed by atoms with van der Waals surface area (Å²) in [7, 11) is 0. The van der Waals surface area contributed by atoms with E-state index in [9.17, 15) is 0 Å². The van der Waals surface area contributed by atoms with Crippen molar-refractivity contribution < 1.29 is 0 Å². The first-order valence-corrected chi connectivity index (χ1v) is 9.87. The molecule has 0 aliphatic carbocycles. The first-order valence-electron chi connectivity index (χ1n) is 9.87. The molecule has 0 aliphatic rings. The largest absolute Gasteiger partial charge is 0.288 e. The third-order valence-corrected chi connectivity index (χ3v) is 4.94. The molecule has 0 radical (unpaired) electrons. The van der Waals surface area contributed by atoms with Crippen LogP contribution in [-0.4, -0.2) is 34.0 Å². The van der Waals surface area contributed by atoms with Gasteiger partial charge in [0.25, 0.3) is 0 Å². The lowest BCUT2D eigenvalue weighted by Crippen LogP contribution is -2.17. The number of rotatable bonds is 0. The molecule has 4 aromatic rings. The predicted molar refractivity (Wildman–Crippen MR) is 122 cm³/mol. The fourth-order valence-electron chi connectivity index (χ4n) is 3.90. The Bertz CT molecular complexity index is 1150. The van der Waals surface area contributed by atoms with Crippen molar-refractivity contribution in [2.75, 3.05) is 0 Å². The maximum absolute atomic E-state index is 4.56. The van der Waals surface area contributed by atoms with Gasteiger partial charge in [-0.15, -0.1) is 10.2 Å². The van der Waals surface area contributed by atoms with Gasteiger partial charge in [0.1, 0.15) is 24.1 Å². The number of nitrogens with zero attached hydrogens (tertiary/aromatic N) is 7. The zero-order valence-electron chi connectivity index (χ0n) is 18.9. The number of hydrogen-bond acceptors (Lipinski definition) is 5. The van der Waals surface area contributed by atoms with Crippen LogP contribution in [0, 0.1) is 20.8 Å². The van der Waals surface area contributed by atoms with E-state index in [1.54, 1.807) is 12.7 Å². The summed E-state index contributed by atoms with van der Waals surface area (Å²) >= 11 is 0. The molecule has 4 rings (SSSR count). The van der Waals surface area contributed by atoms with Crippen LogP contribution in [0.1, 0.15) is 77.3 Å². The molecule has 7 nitrogen and oxygen atoms in total. The first-order chi connectivity index (χ1) is 13.4. The summed E-state index contributed by atoms with van der Waals surface area (Å²) in [6.45, 7) is 19.1. The second kappa shape index (κ2) is 8.13. The van der Waals surface area contributed by atoms with Gasteiger partial charge in [-0.25, -0.2) is 15.0 Å². The van der Waals surface area contributed by atoms with Gasteiger partial charge in [-0.3, -0.25) is 8.80 Å². The third kappa shape index (κ3) is 4.35. The molecule has 162 valence electrons. The van der Waals surface area contributed by atoms with E-state index >= 15 is 0 Å². The second-order valence-corrected chi connectivity index (χ2v) is 9.51. The Morgan fingerprint density at radius 2 is 1.37 bits per heavy atom. The molecular weight excluding hydrogens is 374 g/mol. The van der Waals surface area contributed by atoms with E-state index in [0.717, 1.165) is 34.1 Å². The highest BCUT2D eigenvalue weighted by Crippen LogP contribution is 2.28. The molecule has 4 aromatic heterocycles. The van der Waals surface area contributed by atoms with Gasteiger partial charge in [0, 0.05) is 34.9 Å². The molecule has 30 heavy (non-hydrogen) atoms. The highest BCUT2D eigenvalue weighted by molar-refractivity contribution is 5.54. The smallest absolute Gasteiger partial charge is 0.167 e. The normalized spacial score (nSPS) is 11.9. The van der Waals surface area contributed by atoms with Crippen LogP contribution in [0.15, 0.2) is 25.0 Å². The van der Waals surface area contributed by atoms with E-state index < -0.39 is 0 Å². The fourth-order valence-corrected chi connectivity index (χ4v) is 3.90. The van der Waals surface area contributed by atoms with Crippen molar-refractivity contribution in [1.82, 2.24) is 34.0 Å². The van der Waals surface area contributed by atoms with Crippen molar-refractivity contribution in [2.45, 2.75) is 80.6 Å². The minimum Gasteiger partial charge on any atom is -0.288 e. The summed E-state index contributed by atoms with van der Waals surface area (Å²) in [5.41, 5.74) is 6.58. The van der Waals surface area contributed by atoms with Crippen LogP contribution < -0.4 is 0 Å². The summed E-state index contributed by atoms with van der Waals surface area (Å²) in [5, 5.41) is 8.01. The van der Waals surface area contributed by atoms with Crippen molar-refractivity contribution in [3.05, 3.63) is 53.4 Å². The lowest BCUT2D eigenvalue weighted by molar-refractivity contribution is 0.581. The summed E-state index contributed by atoms with van der Waals surface area (Å²) in [4.78, 5) is 13.3. The Morgan fingerprint density at radius 3 is 1.97 bits per heavy atom. The molecule has 0 N–H and O–H groups in total. The minimum atomic E-state index is 0. The average Bonchev–Trinajstić information content (AvgIpc) is 3.21. The van der Waals surface area contributed by atoms with Gasteiger partial charge in [-0.2, -0.15) is 0 Å². The third-order valence-electron chi connectivity index (χ3n) is 4.94. The Morgan fingerprint density at radius 1 is 0.767 bits per heavy atom. The van der Waals surface area contributed by atoms with Crippen molar-refractivity contribution in [3.63, 3.8) is 0 Å². The predicted octanol–water partition coefficient (Wildman–Crippen LogP) is 5.01. The van der Waals surface area contributed by atoms with Crippen LogP contribution in [0.25, 0.3) is 11.3 Å². The van der Waals surface area contributed by atoms with Crippen molar-refractivity contribution in [1.29, 1.82) is 0 Å². The van der Waals surface area contributed by atoms with Crippen molar-refractivity contribution in [2.24, 2.45) is 0 Å². The zero-order valence-corrected chi connectivity index (χ0v) is 18.9. The molecule has 0 saturated heterocycles. The van der Waals surface area contributed by atoms with E-state index in [1.807, 2.05) is 35.0 Å². The molecule has 4 heterocycles. The Labute approximate surface area is 179 Å². The monoisotopic (exact) mass is 409 g/mol. The van der Waals surface area contributed by atoms with Gasteiger partial charge >= 0.3 is 0 Å². The molecule has 0 atom stereocenters. The number of fused-ring (bicyclic) bond motifs is 2. The van der Waals surface area contributed by atoms with Gasteiger partial charge < -0.3 is 0 Å². The zero-order chi connectivity index (χ0) is 21.6. The van der Waals surface area contributed by atoms with Crippen LogP contribution in [-0.2, 0) is 10.8 Å². The van der Waals surface area contributed by atoms with Gasteiger partial charge in [0.05, 0.1) is 0 Å². The van der Waals surface area contributed by atoms with E-state index in [2.05, 4.69) is 73.6 Å². The van der Waals surface area contributed by atoms with Gasteiger partial charge in [-0.05, 0) is 31.6 Å². The molecule has 0 aromatic carbocycles. The molecule has 0 unspecified atom stereocenters. The maximum Gasteiger partial charge on any atom is 0.167 e. The quantitative estimate of drug-likeness (QED) is 0.408. The molecule has 0 fully saturated rings. The number of imidazole rings is 1. The first kappa shape index (κ1) is 23.4. The molecule has 0 saturated carbocycles. The van der Waals surface area contributed by atoms with E-state index in [-0.39, 0.29) is 18.3 Å². The summed E-state index contributed by atoms with van der Waals surface area (Å²) in [6.07, 6.45) is 7.22. The molecule has 0 spiro atoms. The summed E-state index contributed by atoms with van der Waals surface area (Å²) in [6, 6.07) is 0. The minimum absolute atomic E-state index is 0. The Hall–Kier alpha value is -2.83. The van der Waals surface area contributed by atoms with Crippen LogP contribution >= 0.6 is 0 Å². The fraction of sp³-hybridized carbons (Fsp3) is 0.522. The van der Waals surface area contributed by atoms with Crippen LogP contribution in [0.3, 0.4) is 0 Å². The number of aryl methyl sites for hydroxylation is 3. The molecule has 0 aliphatic heterocycles. The van der Waals surface area contributed by atoms with Gasteiger partial charge in [0.15, 0.2) is 5.65 Å². The molecule has 7 heteroatoms. The Kier molecular flexibility index (Phi) is 6.35. The summed E-state index contributed by atoms with van der Waals surface area (Å²) < 4.78 is 3.90. The van der Waals surface area contributed by atoms with Gasteiger partial charge in [0.2, 0.25) is 0 Å². The molecule has 0 bridgehead atoms. The molecule has 0 amide bonds. The lowest BCUT2D eigenvalue weighted by atomic mass is 9.86.